The summed E-state index contributed by atoms with van der Waals surface area (Å²) in [5, 5.41) is 0. The summed E-state index contributed by atoms with van der Waals surface area (Å²) >= 11 is 0. The number of rotatable bonds is 1. The third kappa shape index (κ3) is 2.05. The van der Waals surface area contributed by atoms with Gasteiger partial charge in [0.1, 0.15) is 5.82 Å². The van der Waals surface area contributed by atoms with Crippen LogP contribution in [-0.2, 0) is 0 Å². The van der Waals surface area contributed by atoms with Gasteiger partial charge in [-0.3, -0.25) is 4.98 Å². The van der Waals surface area contributed by atoms with Gasteiger partial charge in [-0.2, -0.15) is 0 Å². The van der Waals surface area contributed by atoms with E-state index >= 15 is 0 Å². The molecule has 0 amide bonds. The third-order valence-electron chi connectivity index (χ3n) is 3.46. The Morgan fingerprint density at radius 1 is 1.14 bits per heavy atom. The molecule has 21 heavy (non-hydrogen) atoms. The molecule has 0 saturated heterocycles. The molecule has 0 atom stereocenters. The molecule has 0 spiro atoms. The number of anilines is 1. The van der Waals surface area contributed by atoms with Crippen molar-refractivity contribution in [3.63, 3.8) is 0 Å². The highest BCUT2D eigenvalue weighted by atomic mass is 16.5. The first-order valence-corrected chi connectivity index (χ1v) is 6.80. The molecule has 1 aliphatic rings. The molecule has 1 aromatic carbocycles. The van der Waals surface area contributed by atoms with E-state index in [1.54, 1.807) is 12.4 Å². The van der Waals surface area contributed by atoms with Crippen molar-refractivity contribution in [3.05, 3.63) is 30.6 Å². The summed E-state index contributed by atoms with van der Waals surface area (Å²) in [6.07, 6.45) is 4.19. The number of fused-ring (bicyclic) bond motifs is 2. The number of hydrogen-bond donors (Lipinski definition) is 2. The van der Waals surface area contributed by atoms with Gasteiger partial charge in [-0.05, 0) is 6.07 Å². The van der Waals surface area contributed by atoms with Crippen LogP contribution in [-0.4, -0.2) is 28.2 Å². The summed E-state index contributed by atoms with van der Waals surface area (Å²) < 4.78 is 11.4. The fourth-order valence-corrected chi connectivity index (χ4v) is 2.42. The van der Waals surface area contributed by atoms with Gasteiger partial charge in [-0.1, -0.05) is 0 Å². The quantitative estimate of drug-likeness (QED) is 0.715. The lowest BCUT2D eigenvalue weighted by atomic mass is 10.2. The third-order valence-corrected chi connectivity index (χ3v) is 3.46. The second kappa shape index (κ2) is 4.66. The summed E-state index contributed by atoms with van der Waals surface area (Å²) in [6.45, 7) is 1.32. The van der Waals surface area contributed by atoms with Crippen LogP contribution in [0.1, 0.15) is 6.42 Å². The van der Waals surface area contributed by atoms with Crippen molar-refractivity contribution < 1.29 is 9.47 Å². The normalized spacial score (nSPS) is 14.1. The van der Waals surface area contributed by atoms with Crippen molar-refractivity contribution in [2.45, 2.75) is 6.42 Å². The Labute approximate surface area is 120 Å². The number of aromatic amines is 1. The van der Waals surface area contributed by atoms with Crippen molar-refractivity contribution in [1.82, 2.24) is 15.0 Å². The summed E-state index contributed by atoms with van der Waals surface area (Å²) in [5.41, 5.74) is 9.08. The predicted octanol–water partition coefficient (Wildman–Crippen LogP) is 2.37. The Balaban J connectivity index is 1.85. The van der Waals surface area contributed by atoms with Crippen LogP contribution in [0.15, 0.2) is 30.6 Å². The van der Waals surface area contributed by atoms with Crippen molar-refractivity contribution in [2.24, 2.45) is 0 Å². The van der Waals surface area contributed by atoms with Gasteiger partial charge >= 0.3 is 0 Å². The molecule has 0 bridgehead atoms. The Kier molecular flexibility index (Phi) is 2.67. The second-order valence-corrected chi connectivity index (χ2v) is 4.91. The first kappa shape index (κ1) is 12.0. The SMILES string of the molecule is Nc1cnccc1-c1nc2cc3c(cc2[nH]1)OCCCO3. The molecule has 0 aliphatic carbocycles. The van der Waals surface area contributed by atoms with E-state index in [9.17, 15) is 0 Å². The van der Waals surface area contributed by atoms with Gasteiger partial charge in [0.25, 0.3) is 0 Å². The highest BCUT2D eigenvalue weighted by molar-refractivity contribution is 5.84. The standard InChI is InChI=1S/C15H14N4O2/c16-10-8-17-3-2-9(10)15-18-11-6-13-14(7-12(11)19-15)21-5-1-4-20-13/h2-3,6-8H,1,4-5,16H2,(H,18,19). The number of hydrogen-bond acceptors (Lipinski definition) is 5. The molecule has 3 heterocycles. The molecule has 0 unspecified atom stereocenters. The van der Waals surface area contributed by atoms with Crippen LogP contribution in [0.3, 0.4) is 0 Å². The van der Waals surface area contributed by atoms with Crippen LogP contribution >= 0.6 is 0 Å². The highest BCUT2D eigenvalue weighted by Gasteiger charge is 2.15. The number of nitrogens with zero attached hydrogens (tertiary/aromatic N) is 2. The number of H-pyrrole nitrogens is 1. The van der Waals surface area contributed by atoms with Gasteiger partial charge in [0, 0.05) is 30.3 Å². The molecule has 3 N–H and O–H groups in total. The summed E-state index contributed by atoms with van der Waals surface area (Å²) in [5.74, 6) is 2.20. The number of nitrogen functional groups attached to an aromatic ring is 1. The first-order valence-electron chi connectivity index (χ1n) is 6.80. The molecule has 4 rings (SSSR count). The molecule has 6 heteroatoms. The molecule has 3 aromatic rings. The summed E-state index contributed by atoms with van der Waals surface area (Å²) in [6, 6.07) is 5.65. The summed E-state index contributed by atoms with van der Waals surface area (Å²) in [4.78, 5) is 11.8. The fraction of sp³-hybridized carbons (Fsp3) is 0.200. The van der Waals surface area contributed by atoms with Crippen LogP contribution < -0.4 is 15.2 Å². The zero-order valence-corrected chi connectivity index (χ0v) is 11.3. The first-order chi connectivity index (χ1) is 10.3. The van der Waals surface area contributed by atoms with Gasteiger partial charge in [-0.15, -0.1) is 0 Å². The maximum Gasteiger partial charge on any atom is 0.163 e. The molecule has 1 aliphatic heterocycles. The monoisotopic (exact) mass is 282 g/mol. The molecule has 2 aromatic heterocycles. The number of ether oxygens (including phenoxy) is 2. The van der Waals surface area contributed by atoms with Crippen LogP contribution in [0.4, 0.5) is 5.69 Å². The molecule has 0 fully saturated rings. The second-order valence-electron chi connectivity index (χ2n) is 4.91. The fourth-order valence-electron chi connectivity index (χ4n) is 2.42. The van der Waals surface area contributed by atoms with Crippen LogP contribution in [0.5, 0.6) is 11.5 Å². The molecule has 0 saturated carbocycles. The average Bonchev–Trinajstić information content (AvgIpc) is 2.75. The average molecular weight is 282 g/mol. The number of nitrogens with one attached hydrogen (secondary N) is 1. The molecular formula is C15H14N4O2. The van der Waals surface area contributed by atoms with Crippen molar-refractivity contribution in [1.29, 1.82) is 0 Å². The Bertz CT molecular complexity index is 770. The summed E-state index contributed by atoms with van der Waals surface area (Å²) in [7, 11) is 0. The molecular weight excluding hydrogens is 268 g/mol. The Morgan fingerprint density at radius 2 is 1.95 bits per heavy atom. The van der Waals surface area contributed by atoms with Crippen molar-refractivity contribution >= 4 is 16.7 Å². The van der Waals surface area contributed by atoms with E-state index in [2.05, 4.69) is 15.0 Å². The lowest BCUT2D eigenvalue weighted by Crippen LogP contribution is -1.97. The number of benzene rings is 1. The van der Waals surface area contributed by atoms with Crippen molar-refractivity contribution in [3.8, 4) is 22.9 Å². The van der Waals surface area contributed by atoms with Crippen LogP contribution in [0.2, 0.25) is 0 Å². The largest absolute Gasteiger partial charge is 0.489 e. The topological polar surface area (TPSA) is 86.1 Å². The Morgan fingerprint density at radius 3 is 2.76 bits per heavy atom. The maximum absolute atomic E-state index is 5.95. The zero-order valence-electron chi connectivity index (χ0n) is 11.3. The zero-order chi connectivity index (χ0) is 14.2. The number of nitrogens with two attached hydrogens (primary N) is 1. The van der Waals surface area contributed by atoms with E-state index in [0.717, 1.165) is 34.5 Å². The minimum Gasteiger partial charge on any atom is -0.489 e. The van der Waals surface area contributed by atoms with E-state index < -0.39 is 0 Å². The molecule has 0 radical (unpaired) electrons. The van der Waals surface area contributed by atoms with Gasteiger partial charge in [-0.25, -0.2) is 4.98 Å². The van der Waals surface area contributed by atoms with Crippen molar-refractivity contribution in [2.75, 3.05) is 18.9 Å². The van der Waals surface area contributed by atoms with E-state index in [4.69, 9.17) is 15.2 Å². The Hall–Kier alpha value is -2.76. The number of pyridine rings is 1. The predicted molar refractivity (Wildman–Crippen MR) is 79.3 cm³/mol. The molecule has 6 nitrogen and oxygen atoms in total. The van der Waals surface area contributed by atoms with Gasteiger partial charge in [0.15, 0.2) is 11.5 Å². The lowest BCUT2D eigenvalue weighted by Gasteiger charge is -2.05. The van der Waals surface area contributed by atoms with Gasteiger partial charge < -0.3 is 20.2 Å². The smallest absolute Gasteiger partial charge is 0.163 e. The van der Waals surface area contributed by atoms with E-state index in [1.807, 2.05) is 18.2 Å². The number of aromatic nitrogens is 3. The minimum absolute atomic E-state index is 0.589. The highest BCUT2D eigenvalue weighted by Crippen LogP contribution is 2.34. The van der Waals surface area contributed by atoms with E-state index in [1.165, 1.54) is 0 Å². The van der Waals surface area contributed by atoms with E-state index in [0.29, 0.717) is 24.7 Å². The van der Waals surface area contributed by atoms with Gasteiger partial charge in [0.05, 0.1) is 36.1 Å². The molecule has 106 valence electrons. The lowest BCUT2D eigenvalue weighted by molar-refractivity contribution is 0.297. The minimum atomic E-state index is 0.589. The van der Waals surface area contributed by atoms with E-state index in [-0.39, 0.29) is 0 Å². The van der Waals surface area contributed by atoms with Gasteiger partial charge in [0.2, 0.25) is 0 Å². The van der Waals surface area contributed by atoms with Crippen LogP contribution in [0, 0.1) is 0 Å². The number of imidazole rings is 1. The van der Waals surface area contributed by atoms with Crippen LogP contribution in [0.25, 0.3) is 22.4 Å². The maximum atomic E-state index is 5.95.